The Morgan fingerprint density at radius 3 is 2.50 bits per heavy atom. The first-order valence-electron chi connectivity index (χ1n) is 7.24. The molecule has 6 nitrogen and oxygen atoms in total. The zero-order valence-corrected chi connectivity index (χ0v) is 14.6. The molecule has 0 bridgehead atoms. The van der Waals surface area contributed by atoms with Gasteiger partial charge in [-0.1, -0.05) is 6.07 Å². The zero-order chi connectivity index (χ0) is 17.5. The molecule has 0 atom stereocenters. The maximum Gasteiger partial charge on any atom is 0.325 e. The molecular weight excluding hydrogens is 330 g/mol. The van der Waals surface area contributed by atoms with E-state index in [0.717, 1.165) is 11.1 Å². The molecule has 2 aromatic rings. The number of hydrogen-bond acceptors (Lipinski definition) is 6. The van der Waals surface area contributed by atoms with Gasteiger partial charge in [0, 0.05) is 0 Å². The number of thiophene rings is 1. The molecule has 0 unspecified atom stereocenters. The van der Waals surface area contributed by atoms with E-state index in [4.69, 9.17) is 14.2 Å². The molecule has 0 fully saturated rings. The maximum absolute atomic E-state index is 11.8. The fraction of sp³-hybridized carbons (Fsp3) is 0.294. The summed E-state index contributed by atoms with van der Waals surface area (Å²) in [5.41, 5.74) is 1.73. The van der Waals surface area contributed by atoms with Crippen molar-refractivity contribution in [1.82, 2.24) is 5.32 Å². The average Bonchev–Trinajstić information content (AvgIpc) is 3.12. The van der Waals surface area contributed by atoms with Crippen molar-refractivity contribution in [1.29, 1.82) is 0 Å². The summed E-state index contributed by atoms with van der Waals surface area (Å²) in [5.74, 6) is 0.395. The molecule has 7 heteroatoms. The molecular formula is C17H19NO5S. The highest BCUT2D eigenvalue weighted by atomic mass is 32.1. The number of ether oxygens (including phenoxy) is 3. The summed E-state index contributed by atoms with van der Waals surface area (Å²) in [4.78, 5) is 24.1. The van der Waals surface area contributed by atoms with Crippen LogP contribution in [0.2, 0.25) is 0 Å². The molecule has 0 aliphatic heterocycles. The molecule has 1 aromatic carbocycles. The molecule has 2 rings (SSSR count). The third-order valence-electron chi connectivity index (χ3n) is 3.37. The maximum atomic E-state index is 11.8. The Hall–Kier alpha value is -2.54. The van der Waals surface area contributed by atoms with E-state index in [-0.39, 0.29) is 19.1 Å². The van der Waals surface area contributed by atoms with Crippen molar-refractivity contribution in [3.63, 3.8) is 0 Å². The van der Waals surface area contributed by atoms with Crippen LogP contribution < -0.4 is 14.8 Å². The Kier molecular flexibility index (Phi) is 6.20. The molecule has 0 radical (unpaired) electrons. The quantitative estimate of drug-likeness (QED) is 0.778. The minimum Gasteiger partial charge on any atom is -0.493 e. The summed E-state index contributed by atoms with van der Waals surface area (Å²) in [5, 5.41) is 4.33. The number of methoxy groups -OCH3 is 2. The first-order valence-corrected chi connectivity index (χ1v) is 8.12. The Bertz CT molecular complexity index is 712. The summed E-state index contributed by atoms with van der Waals surface area (Å²) >= 11 is 1.31. The number of esters is 1. The van der Waals surface area contributed by atoms with Gasteiger partial charge in [0.25, 0.3) is 5.91 Å². The Labute approximate surface area is 144 Å². The summed E-state index contributed by atoms with van der Waals surface area (Å²) in [7, 11) is 3.11. The Morgan fingerprint density at radius 2 is 1.88 bits per heavy atom. The van der Waals surface area contributed by atoms with Crippen molar-refractivity contribution in [2.45, 2.75) is 13.5 Å². The van der Waals surface area contributed by atoms with Crippen molar-refractivity contribution in [3.8, 4) is 11.5 Å². The lowest BCUT2D eigenvalue weighted by Crippen LogP contribution is -2.30. The van der Waals surface area contributed by atoms with Crippen LogP contribution in [0.3, 0.4) is 0 Å². The summed E-state index contributed by atoms with van der Waals surface area (Å²) < 4.78 is 15.7. The minimum atomic E-state index is -0.505. The van der Waals surface area contributed by atoms with Gasteiger partial charge in [0.2, 0.25) is 0 Å². The monoisotopic (exact) mass is 349 g/mol. The topological polar surface area (TPSA) is 73.9 Å². The highest BCUT2D eigenvalue weighted by Gasteiger charge is 2.12. The first-order chi connectivity index (χ1) is 11.5. The van der Waals surface area contributed by atoms with E-state index in [1.165, 1.54) is 11.3 Å². The fourth-order valence-electron chi connectivity index (χ4n) is 2.03. The number of nitrogens with one attached hydrogen (secondary N) is 1. The lowest BCUT2D eigenvalue weighted by Gasteiger charge is -2.13. The second kappa shape index (κ2) is 8.35. The molecule has 0 spiro atoms. The highest BCUT2D eigenvalue weighted by molar-refractivity contribution is 7.12. The molecule has 24 heavy (non-hydrogen) atoms. The molecule has 0 saturated carbocycles. The van der Waals surface area contributed by atoms with Gasteiger partial charge in [-0.3, -0.25) is 9.59 Å². The number of hydrogen-bond donors (Lipinski definition) is 1. The molecule has 0 saturated heterocycles. The molecule has 1 amide bonds. The number of carbonyl (C=O) groups excluding carboxylic acids is 2. The second-order valence-electron chi connectivity index (χ2n) is 4.95. The van der Waals surface area contributed by atoms with Gasteiger partial charge >= 0.3 is 5.97 Å². The standard InChI is InChI=1S/C17H19NO5S/c1-11-7-13(21-2)14(22-3)8-12(11)10-23-16(19)9-18-17(20)15-5-4-6-24-15/h4-8H,9-10H2,1-3H3,(H,18,20). The van der Waals surface area contributed by atoms with E-state index in [2.05, 4.69) is 5.32 Å². The molecule has 1 aromatic heterocycles. The van der Waals surface area contributed by atoms with Crippen LogP contribution in [-0.2, 0) is 16.1 Å². The SMILES string of the molecule is COc1cc(C)c(COC(=O)CNC(=O)c2cccs2)cc1OC. The lowest BCUT2D eigenvalue weighted by atomic mass is 10.1. The highest BCUT2D eigenvalue weighted by Crippen LogP contribution is 2.30. The van der Waals surface area contributed by atoms with Crippen molar-refractivity contribution >= 4 is 23.2 Å². The van der Waals surface area contributed by atoms with Gasteiger partial charge in [-0.15, -0.1) is 11.3 Å². The number of amides is 1. The van der Waals surface area contributed by atoms with Gasteiger partial charge in [-0.2, -0.15) is 0 Å². The van der Waals surface area contributed by atoms with E-state index in [1.807, 2.05) is 13.0 Å². The van der Waals surface area contributed by atoms with E-state index in [0.29, 0.717) is 16.4 Å². The predicted molar refractivity (Wildman–Crippen MR) is 90.7 cm³/mol. The molecule has 128 valence electrons. The van der Waals surface area contributed by atoms with Crippen molar-refractivity contribution < 1.29 is 23.8 Å². The van der Waals surface area contributed by atoms with E-state index in [9.17, 15) is 9.59 Å². The Balaban J connectivity index is 1.88. The summed E-state index contributed by atoms with van der Waals surface area (Å²) in [6.45, 7) is 1.81. The van der Waals surface area contributed by atoms with Gasteiger partial charge in [0.15, 0.2) is 11.5 Å². The average molecular weight is 349 g/mol. The Morgan fingerprint density at radius 1 is 1.17 bits per heavy atom. The van der Waals surface area contributed by atoms with Crippen LogP contribution in [-0.4, -0.2) is 32.6 Å². The first kappa shape index (κ1) is 17.8. The van der Waals surface area contributed by atoms with Crippen LogP contribution in [0.1, 0.15) is 20.8 Å². The normalized spacial score (nSPS) is 10.1. The fourth-order valence-corrected chi connectivity index (χ4v) is 2.67. The molecule has 0 aliphatic carbocycles. The van der Waals surface area contributed by atoms with Gasteiger partial charge in [0.05, 0.1) is 19.1 Å². The molecule has 0 aliphatic rings. The van der Waals surface area contributed by atoms with E-state index < -0.39 is 5.97 Å². The number of rotatable bonds is 7. The van der Waals surface area contributed by atoms with Crippen molar-refractivity contribution in [3.05, 3.63) is 45.6 Å². The van der Waals surface area contributed by atoms with Crippen LogP contribution in [0, 0.1) is 6.92 Å². The number of aryl methyl sites for hydroxylation is 1. The molecule has 1 heterocycles. The van der Waals surface area contributed by atoms with Crippen LogP contribution in [0.5, 0.6) is 11.5 Å². The van der Waals surface area contributed by atoms with Gasteiger partial charge < -0.3 is 19.5 Å². The summed E-state index contributed by atoms with van der Waals surface area (Å²) in [6.07, 6.45) is 0. The minimum absolute atomic E-state index is 0.0971. The van der Waals surface area contributed by atoms with Crippen LogP contribution in [0.4, 0.5) is 0 Å². The second-order valence-corrected chi connectivity index (χ2v) is 5.90. The van der Waals surface area contributed by atoms with Gasteiger partial charge in [-0.05, 0) is 41.6 Å². The lowest BCUT2D eigenvalue weighted by molar-refractivity contribution is -0.143. The predicted octanol–water partition coefficient (Wildman–Crippen LogP) is 2.55. The smallest absolute Gasteiger partial charge is 0.325 e. The largest absolute Gasteiger partial charge is 0.493 e. The summed E-state index contributed by atoms with van der Waals surface area (Å²) in [6, 6.07) is 7.06. The third kappa shape index (κ3) is 4.48. The van der Waals surface area contributed by atoms with Crippen LogP contribution in [0.15, 0.2) is 29.6 Å². The van der Waals surface area contributed by atoms with Crippen LogP contribution >= 0.6 is 11.3 Å². The van der Waals surface area contributed by atoms with Crippen molar-refractivity contribution in [2.24, 2.45) is 0 Å². The van der Waals surface area contributed by atoms with Gasteiger partial charge in [0.1, 0.15) is 13.2 Å². The molecule has 1 N–H and O–H groups in total. The van der Waals surface area contributed by atoms with E-state index >= 15 is 0 Å². The van der Waals surface area contributed by atoms with Gasteiger partial charge in [-0.25, -0.2) is 0 Å². The van der Waals surface area contributed by atoms with Crippen molar-refractivity contribution in [2.75, 3.05) is 20.8 Å². The zero-order valence-electron chi connectivity index (χ0n) is 13.8. The third-order valence-corrected chi connectivity index (χ3v) is 4.24. The number of carbonyl (C=O) groups is 2. The van der Waals surface area contributed by atoms with E-state index in [1.54, 1.807) is 37.8 Å². The number of benzene rings is 1. The van der Waals surface area contributed by atoms with Crippen LogP contribution in [0.25, 0.3) is 0 Å².